The minimum atomic E-state index is -4.74. The van der Waals surface area contributed by atoms with E-state index in [9.17, 15) is 23.8 Å². The van der Waals surface area contributed by atoms with Gasteiger partial charge in [-0.3, -0.25) is 23.4 Å². The van der Waals surface area contributed by atoms with E-state index in [1.54, 1.807) is 0 Å². The van der Waals surface area contributed by atoms with E-state index in [1.807, 2.05) is 12.2 Å². The third kappa shape index (κ3) is 45.7. The van der Waals surface area contributed by atoms with E-state index in [0.717, 1.165) is 51.4 Å². The lowest BCUT2D eigenvalue weighted by Gasteiger charge is -2.20. The molecule has 0 aromatic carbocycles. The van der Waals surface area contributed by atoms with E-state index < -0.39 is 51.1 Å². The lowest BCUT2D eigenvalue weighted by atomic mass is 10.0. The van der Waals surface area contributed by atoms with Gasteiger partial charge in [0.05, 0.1) is 13.2 Å². The molecule has 11 nitrogen and oxygen atoms in total. The van der Waals surface area contributed by atoms with Crippen LogP contribution in [0, 0.1) is 0 Å². The van der Waals surface area contributed by atoms with Gasteiger partial charge in [-0.15, -0.1) is 0 Å². The number of carbonyl (C=O) groups is 3. The molecule has 0 aliphatic rings. The highest BCUT2D eigenvalue weighted by atomic mass is 31.2. The van der Waals surface area contributed by atoms with Crippen molar-refractivity contribution in [1.29, 1.82) is 0 Å². The number of esters is 2. The standard InChI is InChI=1S/C52H92NO10P/c1-3-5-7-9-11-13-15-17-19-21-22-23-24-25-26-28-29-31-33-35-37-39-41-43-50(54)60-45-48(46-61-64(58,59)62-47-49(53)52(56)57)63-51(55)44-42-40-38-36-34-32-30-27-20-18-16-14-12-10-8-6-4-2/h6,8,12,14,18,20,30,32,36,38,48-49H,3-5,7,9-11,13,15-17,19,21-29,31,33-35,37,39-47,53H2,1-2H3,(H,56,57)(H,58,59)/b8-6-,14-12-,20-18-,32-30-,38-36-. The zero-order valence-electron chi connectivity index (χ0n) is 40.4. The maximum absolute atomic E-state index is 12.6. The van der Waals surface area contributed by atoms with Gasteiger partial charge >= 0.3 is 25.7 Å². The Morgan fingerprint density at radius 3 is 1.30 bits per heavy atom. The van der Waals surface area contributed by atoms with Crippen LogP contribution >= 0.6 is 7.82 Å². The maximum atomic E-state index is 12.6. The third-order valence-electron chi connectivity index (χ3n) is 10.8. The minimum absolute atomic E-state index is 0.0824. The van der Waals surface area contributed by atoms with Gasteiger partial charge in [-0.2, -0.15) is 0 Å². The molecule has 0 aromatic heterocycles. The average Bonchev–Trinajstić information content (AvgIpc) is 3.27. The lowest BCUT2D eigenvalue weighted by Crippen LogP contribution is -2.34. The average molecular weight is 922 g/mol. The van der Waals surface area contributed by atoms with Crippen LogP contribution in [0.5, 0.6) is 0 Å². The molecule has 0 rings (SSSR count). The SMILES string of the molecule is CC/C=C\C/C=C\C/C=C\C/C=C\C/C=C\CCCC(=O)OC(COC(=O)CCCCCCCCCCCCCCCCCCCCCCCCC)COP(=O)(O)OCC(N)C(=O)O. The maximum Gasteiger partial charge on any atom is 0.472 e. The topological polar surface area (TPSA) is 172 Å². The predicted molar refractivity (Wildman–Crippen MR) is 263 cm³/mol. The Morgan fingerprint density at radius 2 is 0.875 bits per heavy atom. The Kier molecular flexibility index (Phi) is 44.6. The summed E-state index contributed by atoms with van der Waals surface area (Å²) in [4.78, 5) is 46.1. The molecule has 4 N–H and O–H groups in total. The molecule has 3 atom stereocenters. The number of carboxylic acid groups (broad SMARTS) is 1. The number of nitrogens with two attached hydrogens (primary N) is 1. The van der Waals surface area contributed by atoms with Gasteiger partial charge in [-0.1, -0.05) is 216 Å². The van der Waals surface area contributed by atoms with E-state index in [1.165, 1.54) is 122 Å². The largest absolute Gasteiger partial charge is 0.480 e. The van der Waals surface area contributed by atoms with Crippen LogP contribution in [0.3, 0.4) is 0 Å². The molecule has 0 aromatic rings. The number of phosphoric acid groups is 1. The third-order valence-corrected chi connectivity index (χ3v) is 11.7. The number of aliphatic carboxylic acids is 1. The zero-order chi connectivity index (χ0) is 47.0. The summed E-state index contributed by atoms with van der Waals surface area (Å²) >= 11 is 0. The Balaban J connectivity index is 4.27. The molecule has 0 aliphatic carbocycles. The summed E-state index contributed by atoms with van der Waals surface area (Å²) in [6, 6.07) is -1.53. The lowest BCUT2D eigenvalue weighted by molar-refractivity contribution is -0.161. The molecule has 0 spiro atoms. The molecule has 3 unspecified atom stereocenters. The number of allylic oxidation sites excluding steroid dienone is 10. The van der Waals surface area contributed by atoms with E-state index >= 15 is 0 Å². The molecule has 0 heterocycles. The highest BCUT2D eigenvalue weighted by Gasteiger charge is 2.28. The summed E-state index contributed by atoms with van der Waals surface area (Å²) < 4.78 is 32.8. The fourth-order valence-corrected chi connectivity index (χ4v) is 7.65. The van der Waals surface area contributed by atoms with Crippen molar-refractivity contribution in [3.63, 3.8) is 0 Å². The van der Waals surface area contributed by atoms with E-state index in [2.05, 4.69) is 67.0 Å². The summed E-state index contributed by atoms with van der Waals surface area (Å²) in [5.41, 5.74) is 5.34. The van der Waals surface area contributed by atoms with Crippen LogP contribution in [0.15, 0.2) is 60.8 Å². The van der Waals surface area contributed by atoms with Crippen LogP contribution in [-0.2, 0) is 37.5 Å². The van der Waals surface area contributed by atoms with Crippen molar-refractivity contribution in [3.8, 4) is 0 Å². The highest BCUT2D eigenvalue weighted by Crippen LogP contribution is 2.43. The second kappa shape index (κ2) is 46.7. The van der Waals surface area contributed by atoms with Crippen LogP contribution in [-0.4, -0.2) is 59.9 Å². The molecule has 0 amide bonds. The van der Waals surface area contributed by atoms with Crippen LogP contribution < -0.4 is 5.73 Å². The van der Waals surface area contributed by atoms with Gasteiger partial charge in [-0.05, 0) is 51.4 Å². The van der Waals surface area contributed by atoms with Crippen LogP contribution in [0.4, 0.5) is 0 Å². The van der Waals surface area contributed by atoms with Gasteiger partial charge in [0, 0.05) is 12.8 Å². The van der Waals surface area contributed by atoms with Gasteiger partial charge in [0.25, 0.3) is 0 Å². The summed E-state index contributed by atoms with van der Waals surface area (Å²) in [5.74, 6) is -2.45. The van der Waals surface area contributed by atoms with Crippen molar-refractivity contribution in [3.05, 3.63) is 60.8 Å². The molecule has 64 heavy (non-hydrogen) atoms. The second-order valence-corrected chi connectivity index (χ2v) is 18.4. The predicted octanol–water partition coefficient (Wildman–Crippen LogP) is 14.3. The molecular formula is C52H92NO10P. The van der Waals surface area contributed by atoms with Crippen molar-refractivity contribution in [1.82, 2.24) is 0 Å². The number of carbonyl (C=O) groups excluding carboxylic acids is 2. The molecule has 0 saturated carbocycles. The van der Waals surface area contributed by atoms with E-state index in [0.29, 0.717) is 19.3 Å². The number of ether oxygens (including phenoxy) is 2. The van der Waals surface area contributed by atoms with Crippen LogP contribution in [0.1, 0.15) is 219 Å². The Hall–Kier alpha value is -2.82. The van der Waals surface area contributed by atoms with Crippen LogP contribution in [0.2, 0.25) is 0 Å². The molecule has 0 fully saturated rings. The summed E-state index contributed by atoms with van der Waals surface area (Å²) in [6.45, 7) is 2.66. The number of unbranched alkanes of at least 4 members (excludes halogenated alkanes) is 23. The quantitative estimate of drug-likeness (QED) is 0.0230. The van der Waals surface area contributed by atoms with Crippen molar-refractivity contribution in [2.24, 2.45) is 5.73 Å². The number of hydrogen-bond acceptors (Lipinski definition) is 9. The number of hydrogen-bond donors (Lipinski definition) is 3. The van der Waals surface area contributed by atoms with Crippen molar-refractivity contribution >= 4 is 25.7 Å². The fraction of sp³-hybridized carbons (Fsp3) is 0.750. The second-order valence-electron chi connectivity index (χ2n) is 16.9. The van der Waals surface area contributed by atoms with Gasteiger partial charge in [-0.25, -0.2) is 4.57 Å². The Morgan fingerprint density at radius 1 is 0.500 bits per heavy atom. The first kappa shape index (κ1) is 61.2. The number of phosphoric ester groups is 1. The van der Waals surface area contributed by atoms with Crippen LogP contribution in [0.25, 0.3) is 0 Å². The van der Waals surface area contributed by atoms with Crippen molar-refractivity contribution in [2.45, 2.75) is 231 Å². The van der Waals surface area contributed by atoms with Crippen molar-refractivity contribution < 1.29 is 47.5 Å². The summed E-state index contributed by atoms with van der Waals surface area (Å²) in [7, 11) is -4.74. The summed E-state index contributed by atoms with van der Waals surface area (Å²) in [5, 5.41) is 8.91. The minimum Gasteiger partial charge on any atom is -0.480 e. The number of carboxylic acids is 1. The molecule has 370 valence electrons. The Bertz CT molecular complexity index is 1310. The molecule has 0 radical (unpaired) electrons. The molecule has 0 saturated heterocycles. The highest BCUT2D eigenvalue weighted by molar-refractivity contribution is 7.47. The molecule has 0 bridgehead atoms. The van der Waals surface area contributed by atoms with E-state index in [4.69, 9.17) is 24.8 Å². The first-order valence-corrected chi connectivity index (χ1v) is 26.8. The van der Waals surface area contributed by atoms with Gasteiger partial charge in [0.15, 0.2) is 6.10 Å². The fourth-order valence-electron chi connectivity index (χ4n) is 6.87. The Labute approximate surface area is 389 Å². The molecular weight excluding hydrogens is 830 g/mol. The van der Waals surface area contributed by atoms with Gasteiger partial charge < -0.3 is 25.2 Å². The zero-order valence-corrected chi connectivity index (χ0v) is 41.3. The first-order valence-electron chi connectivity index (χ1n) is 25.3. The van der Waals surface area contributed by atoms with Gasteiger partial charge in [0.2, 0.25) is 0 Å². The number of rotatable bonds is 47. The monoisotopic (exact) mass is 922 g/mol. The van der Waals surface area contributed by atoms with Crippen molar-refractivity contribution in [2.75, 3.05) is 19.8 Å². The molecule has 12 heteroatoms. The first-order chi connectivity index (χ1) is 31.1. The molecule has 0 aliphatic heterocycles. The van der Waals surface area contributed by atoms with E-state index in [-0.39, 0.29) is 19.4 Å². The van der Waals surface area contributed by atoms with Gasteiger partial charge in [0.1, 0.15) is 12.6 Å². The summed E-state index contributed by atoms with van der Waals surface area (Å²) in [6.07, 6.45) is 55.9. The normalized spacial score (nSPS) is 14.1. The smallest absolute Gasteiger partial charge is 0.472 e.